The maximum absolute atomic E-state index is 12.0. The van der Waals surface area contributed by atoms with Crippen molar-refractivity contribution >= 4 is 12.1 Å². The topological polar surface area (TPSA) is 77.5 Å². The van der Waals surface area contributed by atoms with E-state index in [0.29, 0.717) is 12.8 Å². The summed E-state index contributed by atoms with van der Waals surface area (Å²) >= 11 is 0. The Labute approximate surface area is 131 Å². The number of ether oxygens (including phenoxy) is 2. The van der Waals surface area contributed by atoms with E-state index in [9.17, 15) is 9.59 Å². The second-order valence-corrected chi connectivity index (χ2v) is 5.85. The van der Waals surface area contributed by atoms with E-state index in [0.717, 1.165) is 5.56 Å². The minimum atomic E-state index is -0.733. The predicted molar refractivity (Wildman–Crippen MR) is 82.3 cm³/mol. The molecular formula is C16H24N2O4. The fourth-order valence-corrected chi connectivity index (χ4v) is 1.80. The Bertz CT molecular complexity index is 483. The normalized spacial score (nSPS) is 12.4. The van der Waals surface area contributed by atoms with Crippen LogP contribution >= 0.6 is 0 Å². The molecule has 0 unspecified atom stereocenters. The number of aromatic nitrogens is 1. The maximum Gasteiger partial charge on any atom is 0.408 e. The molecule has 1 aromatic rings. The van der Waals surface area contributed by atoms with Crippen LogP contribution in [0.1, 0.15) is 39.7 Å². The fraction of sp³-hybridized carbons (Fsp3) is 0.562. The largest absolute Gasteiger partial charge is 0.464 e. The summed E-state index contributed by atoms with van der Waals surface area (Å²) in [6.45, 7) is 7.29. The van der Waals surface area contributed by atoms with Gasteiger partial charge in [-0.1, -0.05) is 0 Å². The van der Waals surface area contributed by atoms with Crippen LogP contribution < -0.4 is 5.32 Å². The average molecular weight is 308 g/mol. The lowest BCUT2D eigenvalue weighted by Crippen LogP contribution is -2.44. The summed E-state index contributed by atoms with van der Waals surface area (Å²) in [4.78, 5) is 27.7. The number of alkyl carbamates (subject to hydrolysis) is 1. The Morgan fingerprint density at radius 3 is 2.45 bits per heavy atom. The number of carbonyl (C=O) groups is 2. The maximum atomic E-state index is 12.0. The number of esters is 1. The number of rotatable bonds is 6. The number of aryl methyl sites for hydroxylation is 1. The van der Waals surface area contributed by atoms with Gasteiger partial charge in [0, 0.05) is 12.4 Å². The van der Waals surface area contributed by atoms with Crippen molar-refractivity contribution in [3.63, 3.8) is 0 Å². The van der Waals surface area contributed by atoms with E-state index >= 15 is 0 Å². The lowest BCUT2D eigenvalue weighted by Gasteiger charge is -2.22. The monoisotopic (exact) mass is 308 g/mol. The molecule has 0 saturated carbocycles. The van der Waals surface area contributed by atoms with Gasteiger partial charge >= 0.3 is 12.1 Å². The van der Waals surface area contributed by atoms with Gasteiger partial charge in [0.15, 0.2) is 0 Å². The Kier molecular flexibility index (Phi) is 6.82. The third kappa shape index (κ3) is 7.06. The van der Waals surface area contributed by atoms with Crippen molar-refractivity contribution in [2.45, 2.75) is 52.2 Å². The first-order valence-corrected chi connectivity index (χ1v) is 7.37. The van der Waals surface area contributed by atoms with Crippen LogP contribution in [0.15, 0.2) is 24.5 Å². The summed E-state index contributed by atoms with van der Waals surface area (Å²) in [6, 6.07) is 3.01. The fourth-order valence-electron chi connectivity index (χ4n) is 1.80. The molecule has 0 aliphatic heterocycles. The average Bonchev–Trinajstić information content (AvgIpc) is 2.42. The third-order valence-corrected chi connectivity index (χ3v) is 2.73. The van der Waals surface area contributed by atoms with Crippen LogP contribution in [0.2, 0.25) is 0 Å². The Morgan fingerprint density at radius 2 is 1.91 bits per heavy atom. The van der Waals surface area contributed by atoms with E-state index in [1.54, 1.807) is 40.1 Å². The predicted octanol–water partition coefficient (Wildman–Crippen LogP) is 2.47. The first kappa shape index (κ1) is 17.9. The van der Waals surface area contributed by atoms with Crippen molar-refractivity contribution in [3.8, 4) is 0 Å². The highest BCUT2D eigenvalue weighted by atomic mass is 16.6. The summed E-state index contributed by atoms with van der Waals surface area (Å²) in [5.41, 5.74) is 0.421. The van der Waals surface area contributed by atoms with Crippen molar-refractivity contribution < 1.29 is 19.1 Å². The number of hydrogen-bond acceptors (Lipinski definition) is 5. The molecule has 0 fully saturated rings. The van der Waals surface area contributed by atoms with E-state index in [2.05, 4.69) is 10.3 Å². The first-order chi connectivity index (χ1) is 10.3. The molecule has 1 heterocycles. The zero-order chi connectivity index (χ0) is 16.6. The highest BCUT2D eigenvalue weighted by Crippen LogP contribution is 2.09. The Hall–Kier alpha value is -2.11. The highest BCUT2D eigenvalue weighted by molar-refractivity contribution is 5.81. The summed E-state index contributed by atoms with van der Waals surface area (Å²) in [7, 11) is 0. The number of hydrogen-bond donors (Lipinski definition) is 1. The number of carbonyl (C=O) groups excluding carboxylic acids is 2. The summed E-state index contributed by atoms with van der Waals surface area (Å²) in [6.07, 6.45) is 3.82. The molecule has 1 atom stereocenters. The summed E-state index contributed by atoms with van der Waals surface area (Å²) < 4.78 is 10.2. The number of nitrogens with one attached hydrogen (secondary N) is 1. The van der Waals surface area contributed by atoms with Crippen LogP contribution in [0.3, 0.4) is 0 Å². The van der Waals surface area contributed by atoms with Gasteiger partial charge in [0.05, 0.1) is 6.61 Å². The van der Waals surface area contributed by atoms with Crippen LogP contribution in [-0.4, -0.2) is 35.3 Å². The third-order valence-electron chi connectivity index (χ3n) is 2.73. The molecule has 1 amide bonds. The first-order valence-electron chi connectivity index (χ1n) is 7.37. The van der Waals surface area contributed by atoms with Crippen molar-refractivity contribution in [1.29, 1.82) is 0 Å². The summed E-state index contributed by atoms with van der Waals surface area (Å²) in [5, 5.41) is 2.58. The van der Waals surface area contributed by atoms with Gasteiger partial charge in [-0.05, 0) is 58.2 Å². The SMILES string of the molecule is CCOC(=O)[C@H](CCc1ccncc1)NC(=O)OC(C)(C)C. The Morgan fingerprint density at radius 1 is 1.27 bits per heavy atom. The summed E-state index contributed by atoms with van der Waals surface area (Å²) in [5.74, 6) is -0.456. The minimum Gasteiger partial charge on any atom is -0.464 e. The number of nitrogens with zero attached hydrogens (tertiary/aromatic N) is 1. The molecule has 6 heteroatoms. The van der Waals surface area contributed by atoms with Gasteiger partial charge in [0.1, 0.15) is 11.6 Å². The number of amides is 1. The van der Waals surface area contributed by atoms with Gasteiger partial charge in [-0.25, -0.2) is 9.59 Å². The van der Waals surface area contributed by atoms with Crippen molar-refractivity contribution in [2.75, 3.05) is 6.61 Å². The molecule has 0 aliphatic rings. The van der Waals surface area contributed by atoms with Crippen LogP contribution in [-0.2, 0) is 20.7 Å². The smallest absolute Gasteiger partial charge is 0.408 e. The molecule has 1 rings (SSSR count). The lowest BCUT2D eigenvalue weighted by molar-refractivity contribution is -0.145. The second-order valence-electron chi connectivity index (χ2n) is 5.85. The van der Waals surface area contributed by atoms with Crippen molar-refractivity contribution in [3.05, 3.63) is 30.1 Å². The molecule has 0 aliphatic carbocycles. The van der Waals surface area contributed by atoms with Crippen LogP contribution in [0, 0.1) is 0 Å². The zero-order valence-corrected chi connectivity index (χ0v) is 13.6. The molecule has 0 spiro atoms. The lowest BCUT2D eigenvalue weighted by atomic mass is 10.1. The Balaban J connectivity index is 2.63. The van der Waals surface area contributed by atoms with Crippen LogP contribution in [0.25, 0.3) is 0 Å². The van der Waals surface area contributed by atoms with Gasteiger partial charge in [0.25, 0.3) is 0 Å². The second kappa shape index (κ2) is 8.36. The molecule has 6 nitrogen and oxygen atoms in total. The molecule has 122 valence electrons. The highest BCUT2D eigenvalue weighted by Gasteiger charge is 2.25. The number of pyridine rings is 1. The van der Waals surface area contributed by atoms with Gasteiger partial charge in [-0.2, -0.15) is 0 Å². The van der Waals surface area contributed by atoms with E-state index in [-0.39, 0.29) is 6.61 Å². The van der Waals surface area contributed by atoms with Gasteiger partial charge < -0.3 is 14.8 Å². The molecular weight excluding hydrogens is 284 g/mol. The molecule has 22 heavy (non-hydrogen) atoms. The molecule has 0 aromatic carbocycles. The van der Waals surface area contributed by atoms with Crippen LogP contribution in [0.4, 0.5) is 4.79 Å². The van der Waals surface area contributed by atoms with Crippen molar-refractivity contribution in [1.82, 2.24) is 10.3 Å². The zero-order valence-electron chi connectivity index (χ0n) is 13.6. The minimum absolute atomic E-state index is 0.264. The van der Waals surface area contributed by atoms with Gasteiger partial charge in [-0.3, -0.25) is 4.98 Å². The molecule has 0 bridgehead atoms. The van der Waals surface area contributed by atoms with E-state index in [4.69, 9.17) is 9.47 Å². The quantitative estimate of drug-likeness (QED) is 0.817. The van der Waals surface area contributed by atoms with Crippen molar-refractivity contribution in [2.24, 2.45) is 0 Å². The van der Waals surface area contributed by atoms with E-state index in [1.807, 2.05) is 12.1 Å². The van der Waals surface area contributed by atoms with E-state index < -0.39 is 23.7 Å². The molecule has 0 radical (unpaired) electrons. The van der Waals surface area contributed by atoms with E-state index in [1.165, 1.54) is 0 Å². The van der Waals surface area contributed by atoms with Gasteiger partial charge in [0.2, 0.25) is 0 Å². The molecule has 1 aromatic heterocycles. The molecule has 1 N–H and O–H groups in total. The molecule has 0 saturated heterocycles. The standard InChI is InChI=1S/C16H24N2O4/c1-5-21-14(19)13(18-15(20)22-16(2,3)4)7-6-12-8-10-17-11-9-12/h8-11,13H,5-7H2,1-4H3,(H,18,20)/t13-/m0/s1. The van der Waals surface area contributed by atoms with Crippen LogP contribution in [0.5, 0.6) is 0 Å². The van der Waals surface area contributed by atoms with Gasteiger partial charge in [-0.15, -0.1) is 0 Å².